The number of aromatic hydroxyl groups is 3. The number of hydrogen-bond donors (Lipinski definition) is 9. The van der Waals surface area contributed by atoms with E-state index in [0.717, 1.165) is 18.2 Å². The molecule has 4 aromatic rings. The summed E-state index contributed by atoms with van der Waals surface area (Å²) < 4.78 is 0. The average molecular weight is 1080 g/mol. The third kappa shape index (κ3) is 25.4. The Hall–Kier alpha value is -14.6. The third-order valence-corrected chi connectivity index (χ3v) is 8.77. The lowest BCUT2D eigenvalue weighted by molar-refractivity contribution is 0.0907. The predicted molar refractivity (Wildman–Crippen MR) is 294 cm³/mol. The Labute approximate surface area is 471 Å². The molecule has 83 heavy (non-hydrogen) atoms. The molecule has 4 rings (SSSR count). The number of carbonyl (C=O) groups excluding carboxylic acids is 6. The van der Waals surface area contributed by atoms with Crippen molar-refractivity contribution in [2.24, 2.45) is 0 Å². The molecule has 6 amide bonds. The maximum Gasteiger partial charge on any atom is 0.257 e. The molecular weight excluding hydrogens is 1040 g/mol. The van der Waals surface area contributed by atoms with Crippen molar-refractivity contribution in [1.82, 2.24) is 31.9 Å². The molecule has 0 heterocycles. The number of nitrogens with one attached hydrogen (secondary N) is 6. The second-order valence-corrected chi connectivity index (χ2v) is 14.4. The number of phenolic OH excluding ortho intramolecular Hbond substituents is 3. The molecule has 0 aromatic heterocycles. The second kappa shape index (κ2) is 36.3. The first-order valence-corrected chi connectivity index (χ1v) is 22.9. The van der Waals surface area contributed by atoms with Gasteiger partial charge in [-0.1, -0.05) is 11.8 Å². The van der Waals surface area contributed by atoms with Crippen LogP contribution in [0.25, 0.3) is 0 Å². The van der Waals surface area contributed by atoms with E-state index in [1.807, 2.05) is 0 Å². The fourth-order valence-corrected chi connectivity index (χ4v) is 5.26. The molecule has 0 unspecified atom stereocenters. The van der Waals surface area contributed by atoms with E-state index in [2.05, 4.69) is 233 Å². The third-order valence-electron chi connectivity index (χ3n) is 8.77. The fraction of sp³-hybridized carbons (Fsp3) is 0.0294. The molecule has 0 aliphatic carbocycles. The first kappa shape index (κ1) is 60.9. The molecule has 15 nitrogen and oxygen atoms in total. The maximum absolute atomic E-state index is 13.4. The van der Waals surface area contributed by atoms with Crippen LogP contribution in [0, 0.1) is 0 Å². The Morgan fingerprint density at radius 3 is 0.916 bits per heavy atom. The summed E-state index contributed by atoms with van der Waals surface area (Å²) in [5.74, 6) is -5.21. The van der Waals surface area contributed by atoms with E-state index in [-0.39, 0.29) is 57.4 Å². The minimum atomic E-state index is -0.925. The predicted octanol–water partition coefficient (Wildman–Crippen LogP) is 6.94. The van der Waals surface area contributed by atoms with Gasteiger partial charge in [-0.05, 0) is 189 Å². The molecule has 0 fully saturated rings. The van der Waals surface area contributed by atoms with E-state index in [0.29, 0.717) is 0 Å². The standard InChI is InChI=1S/C68H30N6O9/c1-2-3-4-5-6-7-8-9-10-11-12-13-14-15-16-17-18-19-20-21-22-23-24-25-26-27-28-29-30-31-32-33-34-38-62(73-67(82)54-41-45-60(76)46-42-54)74-68(83)58-48-57(49-61(77)50-58)66(81)72-52-71-65(80)56-37-35-36-55(47-56)64(79)70-51-69-63(78)53-39-43-59(75)44-40-53/h35-37,39-50,75-77H,1,51-52H2,(H,69,78)(H,70,79)(H,71,80)(H,72,81)(H,73,82)(H,74,83). The van der Waals surface area contributed by atoms with Gasteiger partial charge in [-0.25, -0.2) is 0 Å². The van der Waals surface area contributed by atoms with E-state index in [1.54, 1.807) is 0 Å². The summed E-state index contributed by atoms with van der Waals surface area (Å²) in [4.78, 5) is 77.6. The molecule has 0 aliphatic rings. The zero-order valence-corrected chi connectivity index (χ0v) is 42.6. The van der Waals surface area contributed by atoms with Crippen molar-refractivity contribution in [3.63, 3.8) is 0 Å². The van der Waals surface area contributed by atoms with Crippen molar-refractivity contribution in [3.05, 3.63) is 332 Å². The van der Waals surface area contributed by atoms with Gasteiger partial charge in [0.2, 0.25) is 0 Å². The van der Waals surface area contributed by atoms with E-state index in [1.165, 1.54) is 72.8 Å². The Bertz CT molecular complexity index is 4800. The minimum Gasteiger partial charge on any atom is -0.508 e. The number of benzene rings is 4. The highest BCUT2D eigenvalue weighted by atomic mass is 16.3. The number of hydrogen-bond acceptors (Lipinski definition) is 9. The van der Waals surface area contributed by atoms with Crippen LogP contribution in [-0.2, 0) is 0 Å². The van der Waals surface area contributed by atoms with Crippen molar-refractivity contribution in [3.8, 4) is 17.2 Å². The van der Waals surface area contributed by atoms with Gasteiger partial charge >= 0.3 is 0 Å². The molecule has 0 spiro atoms. The Morgan fingerprint density at radius 2 is 0.566 bits per heavy atom. The van der Waals surface area contributed by atoms with Gasteiger partial charge in [-0.3, -0.25) is 28.8 Å². The van der Waals surface area contributed by atoms with Gasteiger partial charge in [0.25, 0.3) is 35.4 Å². The first-order chi connectivity index (χ1) is 40.4. The molecule has 9 N–H and O–H groups in total. The molecule has 386 valence electrons. The van der Waals surface area contributed by atoms with Gasteiger partial charge < -0.3 is 47.2 Å². The molecule has 4 aromatic carbocycles. The molecule has 0 bridgehead atoms. The average Bonchev–Trinajstić information content (AvgIpc) is 3.60. The molecule has 0 atom stereocenters. The quantitative estimate of drug-likeness (QED) is 0.0527. The van der Waals surface area contributed by atoms with Gasteiger partial charge in [-0.2, -0.15) is 0 Å². The summed E-state index contributed by atoms with van der Waals surface area (Å²) in [5, 5.41) is 44.3. The molecule has 0 radical (unpaired) electrons. The SMILES string of the molecule is C=C=C=C=C=C=C=C=C=C=C=C=C=C=C=C=C=C=C=C=C=C=C=C=C=C=C=C=C=C=C=C=C=C=C=C(NC(=O)c1ccc(O)cc1)NC(=O)c1cc(O)cc(C(=O)NCNC(=O)c2cccc(C(=O)NCNC(=O)c3ccc(O)cc3)c2)c1. The lowest BCUT2D eigenvalue weighted by atomic mass is 10.1. The van der Waals surface area contributed by atoms with Gasteiger partial charge in [0.15, 0.2) is 5.82 Å². The number of amides is 6. The highest BCUT2D eigenvalue weighted by Gasteiger charge is 2.17. The molecule has 0 aliphatic heterocycles. The van der Waals surface area contributed by atoms with Gasteiger partial charge in [0, 0.05) is 125 Å². The van der Waals surface area contributed by atoms with Crippen LogP contribution in [0.4, 0.5) is 0 Å². The van der Waals surface area contributed by atoms with Crippen molar-refractivity contribution < 1.29 is 44.1 Å². The van der Waals surface area contributed by atoms with Gasteiger partial charge in [0.1, 0.15) is 17.2 Å². The minimum absolute atomic E-state index is 0.0143. The Morgan fingerprint density at radius 1 is 0.301 bits per heavy atom. The number of carbonyl (C=O) groups is 6. The Kier molecular flexibility index (Phi) is 26.7. The summed E-state index contributed by atoms with van der Waals surface area (Å²) in [5.41, 5.74) is 83.9. The summed E-state index contributed by atoms with van der Waals surface area (Å²) >= 11 is 0. The van der Waals surface area contributed by atoms with E-state index < -0.39 is 47.9 Å². The van der Waals surface area contributed by atoms with Crippen LogP contribution in [0.2, 0.25) is 0 Å². The lowest BCUT2D eigenvalue weighted by Gasteiger charge is -2.12. The summed E-state index contributed by atoms with van der Waals surface area (Å²) in [6, 6.07) is 19.5. The number of phenols is 3. The molecular formula is C68H30N6O9. The smallest absolute Gasteiger partial charge is 0.257 e. The number of rotatable bonds is 12. The lowest BCUT2D eigenvalue weighted by Crippen LogP contribution is -2.38. The second-order valence-electron chi connectivity index (χ2n) is 14.4. The van der Waals surface area contributed by atoms with E-state index >= 15 is 0 Å². The normalized spacial score (nSPS) is 7.66. The molecule has 0 saturated heterocycles. The summed E-state index contributed by atoms with van der Waals surface area (Å²) in [7, 11) is 0. The van der Waals surface area contributed by atoms with Gasteiger partial charge in [-0.15, -0.1) is 0 Å². The highest BCUT2D eigenvalue weighted by Crippen LogP contribution is 2.17. The van der Waals surface area contributed by atoms with Crippen molar-refractivity contribution in [1.29, 1.82) is 0 Å². The zero-order chi connectivity index (χ0) is 59.5. The van der Waals surface area contributed by atoms with Crippen LogP contribution in [0.15, 0.2) is 298 Å². The summed E-state index contributed by atoms with van der Waals surface area (Å²) in [6.07, 6.45) is 0. The van der Waals surface area contributed by atoms with E-state index in [9.17, 15) is 44.1 Å². The van der Waals surface area contributed by atoms with E-state index in [4.69, 9.17) is 0 Å². The van der Waals surface area contributed by atoms with Crippen molar-refractivity contribution in [2.75, 3.05) is 13.3 Å². The first-order valence-electron chi connectivity index (χ1n) is 22.9. The Balaban J connectivity index is 1.47. The van der Waals surface area contributed by atoms with Crippen molar-refractivity contribution in [2.45, 2.75) is 0 Å². The largest absolute Gasteiger partial charge is 0.508 e. The van der Waals surface area contributed by atoms with Crippen LogP contribution < -0.4 is 31.9 Å². The monoisotopic (exact) mass is 1070 g/mol. The summed E-state index contributed by atoms with van der Waals surface area (Å²) in [6.45, 7) is 2.66. The van der Waals surface area contributed by atoms with Crippen LogP contribution >= 0.6 is 0 Å². The van der Waals surface area contributed by atoms with Crippen molar-refractivity contribution >= 4 is 35.4 Å². The van der Waals surface area contributed by atoms with Crippen LogP contribution in [0.5, 0.6) is 17.2 Å². The van der Waals surface area contributed by atoms with Crippen LogP contribution in [0.3, 0.4) is 0 Å². The van der Waals surface area contributed by atoms with Gasteiger partial charge in [0.05, 0.1) is 13.3 Å². The topological polar surface area (TPSA) is 235 Å². The van der Waals surface area contributed by atoms with Crippen LogP contribution in [-0.4, -0.2) is 64.1 Å². The molecule has 15 heteroatoms. The maximum atomic E-state index is 13.4. The van der Waals surface area contributed by atoms with Crippen LogP contribution in [0.1, 0.15) is 62.1 Å². The zero-order valence-electron chi connectivity index (χ0n) is 42.6. The molecule has 0 saturated carbocycles. The highest BCUT2D eigenvalue weighted by molar-refractivity contribution is 6.03. The fourth-order valence-electron chi connectivity index (χ4n) is 5.26.